The summed E-state index contributed by atoms with van der Waals surface area (Å²) >= 11 is 6.11. The molecule has 0 bridgehead atoms. The Morgan fingerprint density at radius 2 is 1.69 bits per heavy atom. The summed E-state index contributed by atoms with van der Waals surface area (Å²) < 4.78 is 0. The van der Waals surface area contributed by atoms with Crippen LogP contribution < -0.4 is 5.32 Å². The number of nitrogens with zero attached hydrogens (tertiary/aromatic N) is 2. The number of piperazine rings is 1. The number of hydrogen-bond donors (Lipinski definition) is 1. The van der Waals surface area contributed by atoms with Crippen LogP contribution >= 0.6 is 11.6 Å². The topological polar surface area (TPSA) is 52.7 Å². The monoisotopic (exact) mass is 413 g/mol. The van der Waals surface area contributed by atoms with Crippen LogP contribution in [0.15, 0.2) is 48.5 Å². The zero-order chi connectivity index (χ0) is 20.6. The normalized spacial score (nSPS) is 14.6. The van der Waals surface area contributed by atoms with Crippen molar-refractivity contribution in [2.24, 2.45) is 0 Å². The number of hydrogen-bond acceptors (Lipinski definition) is 3. The lowest BCUT2D eigenvalue weighted by Gasteiger charge is -2.34. The van der Waals surface area contributed by atoms with Crippen LogP contribution in [0.4, 0.5) is 0 Å². The molecule has 6 heteroatoms. The number of aryl methyl sites for hydroxylation is 1. The van der Waals surface area contributed by atoms with E-state index in [1.54, 1.807) is 0 Å². The quantitative estimate of drug-likeness (QED) is 0.759. The number of benzene rings is 2. The molecule has 29 heavy (non-hydrogen) atoms. The smallest absolute Gasteiger partial charge is 0.227 e. The van der Waals surface area contributed by atoms with Crippen LogP contribution in [0.25, 0.3) is 0 Å². The highest BCUT2D eigenvalue weighted by molar-refractivity contribution is 6.31. The number of halogens is 1. The van der Waals surface area contributed by atoms with E-state index in [9.17, 15) is 9.59 Å². The van der Waals surface area contributed by atoms with Gasteiger partial charge in [-0.15, -0.1) is 0 Å². The minimum absolute atomic E-state index is 0.0165. The Morgan fingerprint density at radius 1 is 1.00 bits per heavy atom. The second-order valence-electron chi connectivity index (χ2n) is 7.50. The number of carbonyl (C=O) groups is 2. The van der Waals surface area contributed by atoms with Gasteiger partial charge in [-0.2, -0.15) is 0 Å². The van der Waals surface area contributed by atoms with Crippen LogP contribution in [0.1, 0.15) is 23.1 Å². The van der Waals surface area contributed by atoms with E-state index < -0.39 is 0 Å². The van der Waals surface area contributed by atoms with E-state index in [0.29, 0.717) is 44.0 Å². The Bertz CT molecular complexity index is 830. The van der Waals surface area contributed by atoms with Crippen molar-refractivity contribution in [3.05, 3.63) is 70.2 Å². The predicted octanol–water partition coefficient (Wildman–Crippen LogP) is 3.04. The van der Waals surface area contributed by atoms with E-state index in [-0.39, 0.29) is 11.8 Å². The van der Waals surface area contributed by atoms with Gasteiger partial charge in [0.2, 0.25) is 11.8 Å². The highest BCUT2D eigenvalue weighted by atomic mass is 35.5. The molecule has 2 aromatic carbocycles. The van der Waals surface area contributed by atoms with Gasteiger partial charge >= 0.3 is 0 Å². The molecule has 0 radical (unpaired) electrons. The van der Waals surface area contributed by atoms with Crippen molar-refractivity contribution in [3.8, 4) is 0 Å². The van der Waals surface area contributed by atoms with Crippen molar-refractivity contribution in [2.45, 2.75) is 26.3 Å². The first-order chi connectivity index (χ1) is 14.0. The van der Waals surface area contributed by atoms with Crippen LogP contribution in [0.5, 0.6) is 0 Å². The van der Waals surface area contributed by atoms with Gasteiger partial charge in [0, 0.05) is 50.7 Å². The van der Waals surface area contributed by atoms with E-state index in [1.807, 2.05) is 60.4 Å². The summed E-state index contributed by atoms with van der Waals surface area (Å²) in [5, 5.41) is 3.59. The third kappa shape index (κ3) is 6.58. The van der Waals surface area contributed by atoms with Crippen LogP contribution in [-0.2, 0) is 22.6 Å². The fraction of sp³-hybridized carbons (Fsp3) is 0.391. The van der Waals surface area contributed by atoms with Crippen molar-refractivity contribution in [2.75, 3.05) is 32.7 Å². The standard InChI is InChI=1S/C23H28ClN3O2/c1-18-6-8-19(9-7-18)16-23(29)27-14-12-26(13-15-27)11-10-22(28)25-17-20-4-2-3-5-21(20)24/h2-9H,10-17H2,1H3,(H,25,28). The van der Waals surface area contributed by atoms with Gasteiger partial charge in [-0.25, -0.2) is 0 Å². The van der Waals surface area contributed by atoms with E-state index in [4.69, 9.17) is 11.6 Å². The van der Waals surface area contributed by atoms with Gasteiger partial charge in [-0.05, 0) is 24.1 Å². The summed E-state index contributed by atoms with van der Waals surface area (Å²) in [4.78, 5) is 28.8. The molecule has 1 aliphatic rings. The summed E-state index contributed by atoms with van der Waals surface area (Å²) in [6.07, 6.45) is 0.895. The minimum atomic E-state index is 0.0165. The third-order valence-corrected chi connectivity index (χ3v) is 5.66. The molecular formula is C23H28ClN3O2. The number of carbonyl (C=O) groups excluding carboxylic acids is 2. The highest BCUT2D eigenvalue weighted by Crippen LogP contribution is 2.14. The summed E-state index contributed by atoms with van der Waals surface area (Å²) in [5.74, 6) is 0.189. The number of amides is 2. The zero-order valence-electron chi connectivity index (χ0n) is 16.9. The van der Waals surface area contributed by atoms with Crippen LogP contribution in [0.2, 0.25) is 5.02 Å². The largest absolute Gasteiger partial charge is 0.352 e. The lowest BCUT2D eigenvalue weighted by Crippen LogP contribution is -2.49. The molecule has 0 atom stereocenters. The number of nitrogens with one attached hydrogen (secondary N) is 1. The van der Waals surface area contributed by atoms with Crippen molar-refractivity contribution >= 4 is 23.4 Å². The Balaban J connectivity index is 1.35. The van der Waals surface area contributed by atoms with Crippen LogP contribution in [-0.4, -0.2) is 54.3 Å². The maximum absolute atomic E-state index is 12.5. The average molecular weight is 414 g/mol. The second kappa shape index (κ2) is 10.4. The molecule has 1 fully saturated rings. The van der Waals surface area contributed by atoms with Gasteiger partial charge in [-0.3, -0.25) is 14.5 Å². The molecule has 1 heterocycles. The van der Waals surface area contributed by atoms with Crippen molar-refractivity contribution in [1.82, 2.24) is 15.1 Å². The Labute approximate surface area is 177 Å². The van der Waals surface area contributed by atoms with E-state index in [2.05, 4.69) is 10.2 Å². The molecular weight excluding hydrogens is 386 g/mol. The second-order valence-corrected chi connectivity index (χ2v) is 7.91. The maximum atomic E-state index is 12.5. The summed E-state index contributed by atoms with van der Waals surface area (Å²) in [5.41, 5.74) is 3.17. The Hall–Kier alpha value is -2.37. The fourth-order valence-corrected chi connectivity index (χ4v) is 3.60. The summed E-state index contributed by atoms with van der Waals surface area (Å²) in [6.45, 7) is 6.22. The van der Waals surface area contributed by atoms with Crippen molar-refractivity contribution in [1.29, 1.82) is 0 Å². The van der Waals surface area contributed by atoms with Gasteiger partial charge in [0.1, 0.15) is 0 Å². The van der Waals surface area contributed by atoms with E-state index >= 15 is 0 Å². The molecule has 0 aromatic heterocycles. The molecule has 1 N–H and O–H groups in total. The SMILES string of the molecule is Cc1ccc(CC(=O)N2CCN(CCC(=O)NCc3ccccc3Cl)CC2)cc1. The molecule has 3 rings (SSSR count). The molecule has 2 aromatic rings. The van der Waals surface area contributed by atoms with Crippen LogP contribution in [0, 0.1) is 6.92 Å². The van der Waals surface area contributed by atoms with Gasteiger partial charge in [-0.1, -0.05) is 59.6 Å². The molecule has 0 saturated carbocycles. The first kappa shape index (κ1) is 21.3. The molecule has 5 nitrogen and oxygen atoms in total. The zero-order valence-corrected chi connectivity index (χ0v) is 17.6. The first-order valence-electron chi connectivity index (χ1n) is 10.1. The first-order valence-corrected chi connectivity index (χ1v) is 10.4. The van der Waals surface area contributed by atoms with Crippen LogP contribution in [0.3, 0.4) is 0 Å². The van der Waals surface area contributed by atoms with Crippen molar-refractivity contribution in [3.63, 3.8) is 0 Å². The van der Waals surface area contributed by atoms with Gasteiger partial charge in [0.25, 0.3) is 0 Å². The van der Waals surface area contributed by atoms with Gasteiger partial charge in [0.15, 0.2) is 0 Å². The Kier molecular flexibility index (Phi) is 7.67. The maximum Gasteiger partial charge on any atom is 0.227 e. The Morgan fingerprint density at radius 3 is 2.38 bits per heavy atom. The van der Waals surface area contributed by atoms with E-state index in [0.717, 1.165) is 24.2 Å². The molecule has 2 amide bonds. The van der Waals surface area contributed by atoms with E-state index in [1.165, 1.54) is 5.56 Å². The average Bonchev–Trinajstić information content (AvgIpc) is 2.73. The predicted molar refractivity (Wildman–Crippen MR) is 116 cm³/mol. The molecule has 0 spiro atoms. The number of rotatable bonds is 7. The van der Waals surface area contributed by atoms with Gasteiger partial charge < -0.3 is 10.2 Å². The summed E-state index contributed by atoms with van der Waals surface area (Å²) in [7, 11) is 0. The third-order valence-electron chi connectivity index (χ3n) is 5.29. The minimum Gasteiger partial charge on any atom is -0.352 e. The summed E-state index contributed by atoms with van der Waals surface area (Å²) in [6, 6.07) is 15.6. The fourth-order valence-electron chi connectivity index (χ4n) is 3.40. The van der Waals surface area contributed by atoms with Crippen molar-refractivity contribution < 1.29 is 9.59 Å². The lowest BCUT2D eigenvalue weighted by atomic mass is 10.1. The molecule has 0 unspecified atom stereocenters. The molecule has 1 saturated heterocycles. The highest BCUT2D eigenvalue weighted by Gasteiger charge is 2.21. The molecule has 154 valence electrons. The molecule has 1 aliphatic heterocycles. The lowest BCUT2D eigenvalue weighted by molar-refractivity contribution is -0.132. The molecule has 0 aliphatic carbocycles. The van der Waals surface area contributed by atoms with Gasteiger partial charge in [0.05, 0.1) is 6.42 Å².